The molecule has 0 bridgehead atoms. The van der Waals surface area contributed by atoms with Gasteiger partial charge in [0.15, 0.2) is 6.29 Å². The minimum Gasteiger partial charge on any atom is -0.360 e. The van der Waals surface area contributed by atoms with Crippen molar-refractivity contribution in [3.8, 4) is 11.4 Å². The van der Waals surface area contributed by atoms with Gasteiger partial charge in [-0.1, -0.05) is 0 Å². The quantitative estimate of drug-likeness (QED) is 0.698. The summed E-state index contributed by atoms with van der Waals surface area (Å²) in [5.41, 5.74) is 2.15. The first-order valence-electron chi connectivity index (χ1n) is 3.93. The highest BCUT2D eigenvalue weighted by atomic mass is 16.1. The number of imidazole rings is 1. The maximum Gasteiger partial charge on any atom is 0.168 e. The highest BCUT2D eigenvalue weighted by molar-refractivity contribution is 5.82. The third kappa shape index (κ3) is 1.16. The lowest BCUT2D eigenvalue weighted by Gasteiger charge is -1.95. The third-order valence-electron chi connectivity index (χ3n) is 1.95. The number of aryl methyl sites for hydroxylation is 1. The van der Waals surface area contributed by atoms with Gasteiger partial charge in [0.05, 0.1) is 12.0 Å². The number of carbonyl (C=O) groups is 1. The molecule has 0 aliphatic heterocycles. The summed E-state index contributed by atoms with van der Waals surface area (Å²) in [7, 11) is 1.79. The van der Waals surface area contributed by atoms with Crippen LogP contribution in [0.25, 0.3) is 11.4 Å². The van der Waals surface area contributed by atoms with Crippen LogP contribution in [0.5, 0.6) is 0 Å². The number of nitrogens with one attached hydrogen (secondary N) is 1. The van der Waals surface area contributed by atoms with E-state index in [1.807, 2.05) is 12.1 Å². The van der Waals surface area contributed by atoms with Crippen LogP contribution in [0.3, 0.4) is 0 Å². The van der Waals surface area contributed by atoms with Crippen molar-refractivity contribution in [2.45, 2.75) is 0 Å². The topological polar surface area (TPSA) is 50.7 Å². The molecule has 2 heterocycles. The molecule has 2 aromatic rings. The van der Waals surface area contributed by atoms with Crippen LogP contribution in [0.4, 0.5) is 0 Å². The largest absolute Gasteiger partial charge is 0.360 e. The van der Waals surface area contributed by atoms with Gasteiger partial charge in [-0.25, -0.2) is 4.98 Å². The van der Waals surface area contributed by atoms with Crippen molar-refractivity contribution in [2.75, 3.05) is 0 Å². The molecule has 2 rings (SSSR count). The predicted molar refractivity (Wildman–Crippen MR) is 48.4 cm³/mol. The Morgan fingerprint density at radius 1 is 1.62 bits per heavy atom. The summed E-state index contributed by atoms with van der Waals surface area (Å²) in [5.74, 6) is 0. The molecule has 1 N–H and O–H groups in total. The van der Waals surface area contributed by atoms with E-state index in [2.05, 4.69) is 9.97 Å². The Bertz CT molecular complexity index is 414. The summed E-state index contributed by atoms with van der Waals surface area (Å²) in [4.78, 5) is 17.9. The summed E-state index contributed by atoms with van der Waals surface area (Å²) in [6.45, 7) is 0. The summed E-state index contributed by atoms with van der Waals surface area (Å²) >= 11 is 0. The van der Waals surface area contributed by atoms with Crippen LogP contribution < -0.4 is 0 Å². The van der Waals surface area contributed by atoms with E-state index in [1.54, 1.807) is 24.1 Å². The average molecular weight is 175 g/mol. The van der Waals surface area contributed by atoms with Gasteiger partial charge in [0, 0.05) is 13.2 Å². The maximum absolute atomic E-state index is 10.7. The molecular formula is C9H9N3O. The van der Waals surface area contributed by atoms with Crippen LogP contribution in [0, 0.1) is 0 Å². The van der Waals surface area contributed by atoms with Crippen molar-refractivity contribution < 1.29 is 4.79 Å². The molecule has 0 aliphatic rings. The van der Waals surface area contributed by atoms with Gasteiger partial charge in [0.25, 0.3) is 0 Å². The fraction of sp³-hybridized carbons (Fsp3) is 0.111. The molecule has 0 atom stereocenters. The van der Waals surface area contributed by atoms with Gasteiger partial charge in [-0.3, -0.25) is 4.79 Å². The van der Waals surface area contributed by atoms with Crippen LogP contribution in [0.2, 0.25) is 0 Å². The van der Waals surface area contributed by atoms with Crippen molar-refractivity contribution in [3.63, 3.8) is 0 Å². The molecule has 0 saturated heterocycles. The molecule has 2 aromatic heterocycles. The molecule has 0 saturated carbocycles. The molecule has 66 valence electrons. The molecular weight excluding hydrogens is 166 g/mol. The Hall–Kier alpha value is -1.84. The van der Waals surface area contributed by atoms with Crippen LogP contribution in [0.1, 0.15) is 10.5 Å². The standard InChI is InChI=1S/C9H9N3O/c1-12-6-11-9(8(12)5-13)7-3-2-4-10-7/h2-6,10H,1H3. The molecule has 0 amide bonds. The highest BCUT2D eigenvalue weighted by Gasteiger charge is 2.09. The Kier molecular flexibility index (Phi) is 1.73. The van der Waals surface area contributed by atoms with E-state index >= 15 is 0 Å². The lowest BCUT2D eigenvalue weighted by molar-refractivity contribution is 0.111. The van der Waals surface area contributed by atoms with E-state index in [9.17, 15) is 4.79 Å². The van der Waals surface area contributed by atoms with Crippen molar-refractivity contribution in [1.82, 2.24) is 14.5 Å². The molecule has 0 aromatic carbocycles. The molecule has 0 unspecified atom stereocenters. The number of rotatable bonds is 2. The summed E-state index contributed by atoms with van der Waals surface area (Å²) in [6.07, 6.45) is 4.24. The molecule has 4 heteroatoms. The van der Waals surface area contributed by atoms with Crippen molar-refractivity contribution in [2.24, 2.45) is 7.05 Å². The molecule has 0 aliphatic carbocycles. The van der Waals surface area contributed by atoms with E-state index in [-0.39, 0.29) is 0 Å². The number of hydrogen-bond donors (Lipinski definition) is 1. The predicted octanol–water partition coefficient (Wildman–Crippen LogP) is 1.23. The number of nitrogens with zero attached hydrogens (tertiary/aromatic N) is 2. The normalized spacial score (nSPS) is 10.2. The van der Waals surface area contributed by atoms with Gasteiger partial charge < -0.3 is 9.55 Å². The zero-order valence-corrected chi connectivity index (χ0v) is 7.19. The second-order valence-corrected chi connectivity index (χ2v) is 2.79. The fourth-order valence-corrected chi connectivity index (χ4v) is 1.26. The van der Waals surface area contributed by atoms with E-state index < -0.39 is 0 Å². The monoisotopic (exact) mass is 175 g/mol. The Balaban J connectivity index is 2.58. The second-order valence-electron chi connectivity index (χ2n) is 2.79. The fourth-order valence-electron chi connectivity index (χ4n) is 1.26. The SMILES string of the molecule is Cn1cnc(-c2ccc[nH]2)c1C=O. The van der Waals surface area contributed by atoms with Gasteiger partial charge in [0.1, 0.15) is 11.4 Å². The van der Waals surface area contributed by atoms with Crippen molar-refractivity contribution in [1.29, 1.82) is 0 Å². The number of carbonyl (C=O) groups excluding carboxylic acids is 1. The molecule has 4 nitrogen and oxygen atoms in total. The van der Waals surface area contributed by atoms with E-state index in [1.165, 1.54) is 0 Å². The van der Waals surface area contributed by atoms with Gasteiger partial charge in [-0.15, -0.1) is 0 Å². The first-order chi connectivity index (χ1) is 6.33. The second kappa shape index (κ2) is 2.90. The minimum atomic E-state index is 0.586. The van der Waals surface area contributed by atoms with Crippen molar-refractivity contribution in [3.05, 3.63) is 30.4 Å². The number of aldehydes is 1. The minimum absolute atomic E-state index is 0.586. The smallest absolute Gasteiger partial charge is 0.168 e. The van der Waals surface area contributed by atoms with Crippen LogP contribution >= 0.6 is 0 Å². The summed E-state index contributed by atoms with van der Waals surface area (Å²) in [5, 5.41) is 0. The number of hydrogen-bond acceptors (Lipinski definition) is 2. The van der Waals surface area contributed by atoms with Crippen LogP contribution in [0.15, 0.2) is 24.7 Å². The Labute approximate surface area is 75.2 Å². The molecule has 0 fully saturated rings. The lowest BCUT2D eigenvalue weighted by Crippen LogP contribution is -1.94. The maximum atomic E-state index is 10.7. The van der Waals surface area contributed by atoms with E-state index in [0.717, 1.165) is 12.0 Å². The van der Waals surface area contributed by atoms with Crippen LogP contribution in [-0.2, 0) is 7.05 Å². The third-order valence-corrected chi connectivity index (χ3v) is 1.95. The van der Waals surface area contributed by atoms with Crippen molar-refractivity contribution >= 4 is 6.29 Å². The zero-order chi connectivity index (χ0) is 9.26. The average Bonchev–Trinajstić information content (AvgIpc) is 2.71. The summed E-state index contributed by atoms with van der Waals surface area (Å²) in [6, 6.07) is 3.76. The Morgan fingerprint density at radius 3 is 3.08 bits per heavy atom. The molecule has 0 radical (unpaired) electrons. The molecule has 13 heavy (non-hydrogen) atoms. The van der Waals surface area contributed by atoms with Gasteiger partial charge >= 0.3 is 0 Å². The van der Waals surface area contributed by atoms with Gasteiger partial charge in [-0.05, 0) is 12.1 Å². The number of aromatic amines is 1. The number of aromatic nitrogens is 3. The van der Waals surface area contributed by atoms with Gasteiger partial charge in [-0.2, -0.15) is 0 Å². The Morgan fingerprint density at radius 2 is 2.46 bits per heavy atom. The zero-order valence-electron chi connectivity index (χ0n) is 7.19. The lowest BCUT2D eigenvalue weighted by atomic mass is 10.2. The highest BCUT2D eigenvalue weighted by Crippen LogP contribution is 2.17. The first-order valence-corrected chi connectivity index (χ1v) is 3.93. The van der Waals surface area contributed by atoms with E-state index in [0.29, 0.717) is 11.4 Å². The van der Waals surface area contributed by atoms with Crippen LogP contribution in [-0.4, -0.2) is 20.8 Å². The first kappa shape index (κ1) is 7.79. The van der Waals surface area contributed by atoms with Gasteiger partial charge in [0.2, 0.25) is 0 Å². The number of H-pyrrole nitrogens is 1. The molecule has 0 spiro atoms. The van der Waals surface area contributed by atoms with E-state index in [4.69, 9.17) is 0 Å². The summed E-state index contributed by atoms with van der Waals surface area (Å²) < 4.78 is 1.70.